The first kappa shape index (κ1) is 16.7. The maximum absolute atomic E-state index is 14.1. The Morgan fingerprint density at radius 2 is 2.00 bits per heavy atom. The monoisotopic (exact) mass is 347 g/mol. The van der Waals surface area contributed by atoms with Crippen molar-refractivity contribution in [3.63, 3.8) is 0 Å². The lowest BCUT2D eigenvalue weighted by atomic mass is 10.2. The lowest BCUT2D eigenvalue weighted by molar-refractivity contribution is 0.282. The molecule has 1 heterocycles. The number of rotatable bonds is 5. The summed E-state index contributed by atoms with van der Waals surface area (Å²) in [5, 5.41) is 0.585. The maximum atomic E-state index is 14.1. The van der Waals surface area contributed by atoms with Crippen LogP contribution in [0.25, 0.3) is 0 Å². The third kappa shape index (κ3) is 3.82. The molecule has 126 valence electrons. The summed E-state index contributed by atoms with van der Waals surface area (Å²) in [6, 6.07) is 10.3. The Bertz CT molecular complexity index is 748. The van der Waals surface area contributed by atoms with Crippen LogP contribution in [0.2, 0.25) is 5.02 Å². The van der Waals surface area contributed by atoms with Crippen LogP contribution in [0.3, 0.4) is 0 Å². The first-order valence-corrected chi connectivity index (χ1v) is 8.20. The molecule has 0 atom stereocenters. The molecular weight excluding hydrogens is 329 g/mol. The fourth-order valence-corrected chi connectivity index (χ4v) is 2.83. The fraction of sp³-hybridized carbons (Fsp3) is 0.263. The molecule has 24 heavy (non-hydrogen) atoms. The minimum Gasteiger partial charge on any atom is -0.496 e. The Kier molecular flexibility index (Phi) is 5.26. The number of nitrogens with zero attached hydrogens (tertiary/aromatic N) is 1. The molecule has 1 aliphatic rings. The Morgan fingerprint density at radius 3 is 2.75 bits per heavy atom. The number of hydrogen-bond acceptors (Lipinski definition) is 3. The third-order valence-corrected chi connectivity index (χ3v) is 4.21. The molecular formula is C19H19ClFNO2. The minimum absolute atomic E-state index is 0.209. The van der Waals surface area contributed by atoms with E-state index >= 15 is 0 Å². The molecule has 2 aromatic carbocycles. The van der Waals surface area contributed by atoms with E-state index in [2.05, 4.69) is 17.1 Å². The average molecular weight is 348 g/mol. The molecule has 0 N–H and O–H groups in total. The largest absolute Gasteiger partial charge is 0.496 e. The van der Waals surface area contributed by atoms with Gasteiger partial charge in [0, 0.05) is 35.4 Å². The Hall–Kier alpha value is -2.20. The topological polar surface area (TPSA) is 21.7 Å². The summed E-state index contributed by atoms with van der Waals surface area (Å²) in [6.07, 6.45) is 5.27. The summed E-state index contributed by atoms with van der Waals surface area (Å²) in [5.74, 6) is 0.485. The van der Waals surface area contributed by atoms with Crippen molar-refractivity contribution in [2.75, 3.05) is 25.1 Å². The molecule has 0 saturated carbocycles. The number of benzene rings is 2. The van der Waals surface area contributed by atoms with Crippen molar-refractivity contribution in [3.8, 4) is 11.5 Å². The molecule has 3 rings (SSSR count). The molecule has 3 nitrogen and oxygen atoms in total. The summed E-state index contributed by atoms with van der Waals surface area (Å²) in [5.41, 5.74) is 1.77. The van der Waals surface area contributed by atoms with Crippen LogP contribution in [0.5, 0.6) is 11.5 Å². The van der Waals surface area contributed by atoms with Gasteiger partial charge in [-0.1, -0.05) is 29.8 Å². The zero-order valence-corrected chi connectivity index (χ0v) is 14.2. The van der Waals surface area contributed by atoms with Crippen molar-refractivity contribution < 1.29 is 13.9 Å². The number of hydrogen-bond donors (Lipinski definition) is 0. The normalized spacial score (nSPS) is 13.9. The van der Waals surface area contributed by atoms with Gasteiger partial charge < -0.3 is 14.4 Å². The quantitative estimate of drug-likeness (QED) is 0.723. The van der Waals surface area contributed by atoms with Crippen molar-refractivity contribution >= 4 is 17.3 Å². The predicted octanol–water partition coefficient (Wildman–Crippen LogP) is 4.83. The van der Waals surface area contributed by atoms with E-state index in [0.717, 1.165) is 30.8 Å². The molecule has 0 bridgehead atoms. The highest BCUT2D eigenvalue weighted by atomic mass is 35.5. The summed E-state index contributed by atoms with van der Waals surface area (Å²) in [6.45, 7) is 1.96. The highest BCUT2D eigenvalue weighted by molar-refractivity contribution is 6.30. The number of anilines is 1. The second-order valence-electron chi connectivity index (χ2n) is 5.57. The van der Waals surface area contributed by atoms with Gasteiger partial charge in [-0.25, -0.2) is 4.39 Å². The standard InChI is InChI=1S/C19H19ClFNO2/c1-23-18-11-15(20)6-5-14(18)13-24-19-12-16(7-8-17(19)21)22-9-3-2-4-10-22/h2-3,5-8,11-12H,4,9-10,13H2,1H3. The van der Waals surface area contributed by atoms with E-state index in [1.807, 2.05) is 6.07 Å². The van der Waals surface area contributed by atoms with Crippen LogP contribution in [-0.4, -0.2) is 20.2 Å². The van der Waals surface area contributed by atoms with Crippen LogP contribution in [-0.2, 0) is 6.61 Å². The van der Waals surface area contributed by atoms with Crippen molar-refractivity contribution in [2.45, 2.75) is 13.0 Å². The van der Waals surface area contributed by atoms with E-state index in [0.29, 0.717) is 10.8 Å². The van der Waals surface area contributed by atoms with Gasteiger partial charge in [-0.2, -0.15) is 0 Å². The molecule has 0 saturated heterocycles. The Morgan fingerprint density at radius 1 is 1.12 bits per heavy atom. The molecule has 0 spiro atoms. The van der Waals surface area contributed by atoms with Crippen molar-refractivity contribution in [2.24, 2.45) is 0 Å². The summed E-state index contributed by atoms with van der Waals surface area (Å²) < 4.78 is 25.1. The van der Waals surface area contributed by atoms with Gasteiger partial charge in [-0.15, -0.1) is 0 Å². The van der Waals surface area contributed by atoms with E-state index in [1.165, 1.54) is 6.07 Å². The van der Waals surface area contributed by atoms with Gasteiger partial charge in [-0.3, -0.25) is 0 Å². The smallest absolute Gasteiger partial charge is 0.165 e. The van der Waals surface area contributed by atoms with Crippen LogP contribution < -0.4 is 14.4 Å². The second-order valence-corrected chi connectivity index (χ2v) is 6.00. The molecule has 2 aromatic rings. The van der Waals surface area contributed by atoms with Gasteiger partial charge in [0.1, 0.15) is 12.4 Å². The van der Waals surface area contributed by atoms with E-state index in [4.69, 9.17) is 21.1 Å². The van der Waals surface area contributed by atoms with E-state index < -0.39 is 0 Å². The first-order chi connectivity index (χ1) is 11.7. The molecule has 0 aromatic heterocycles. The molecule has 0 aliphatic carbocycles. The SMILES string of the molecule is COc1cc(Cl)ccc1COc1cc(N2CC=CCC2)ccc1F. The second kappa shape index (κ2) is 7.58. The molecule has 0 amide bonds. The Labute approximate surface area is 146 Å². The Balaban J connectivity index is 1.76. The fourth-order valence-electron chi connectivity index (χ4n) is 2.67. The minimum atomic E-state index is -0.376. The predicted molar refractivity (Wildman–Crippen MR) is 94.7 cm³/mol. The van der Waals surface area contributed by atoms with E-state index in [9.17, 15) is 4.39 Å². The number of ether oxygens (including phenoxy) is 2. The van der Waals surface area contributed by atoms with Crippen molar-refractivity contribution in [1.29, 1.82) is 0 Å². The van der Waals surface area contributed by atoms with Crippen LogP contribution in [0, 0.1) is 5.82 Å². The van der Waals surface area contributed by atoms with Gasteiger partial charge in [-0.05, 0) is 30.7 Å². The average Bonchev–Trinajstić information content (AvgIpc) is 2.62. The molecule has 0 radical (unpaired) electrons. The van der Waals surface area contributed by atoms with Crippen LogP contribution in [0.15, 0.2) is 48.6 Å². The van der Waals surface area contributed by atoms with Gasteiger partial charge in [0.2, 0.25) is 0 Å². The first-order valence-electron chi connectivity index (χ1n) is 7.82. The highest BCUT2D eigenvalue weighted by Crippen LogP contribution is 2.28. The van der Waals surface area contributed by atoms with Gasteiger partial charge in [0.05, 0.1) is 7.11 Å². The van der Waals surface area contributed by atoms with Crippen LogP contribution >= 0.6 is 11.6 Å². The van der Waals surface area contributed by atoms with Gasteiger partial charge in [0.15, 0.2) is 11.6 Å². The third-order valence-electron chi connectivity index (χ3n) is 3.97. The van der Waals surface area contributed by atoms with Crippen molar-refractivity contribution in [3.05, 3.63) is 65.0 Å². The molecule has 1 aliphatic heterocycles. The highest BCUT2D eigenvalue weighted by Gasteiger charge is 2.12. The van der Waals surface area contributed by atoms with Crippen LogP contribution in [0.1, 0.15) is 12.0 Å². The summed E-state index contributed by atoms with van der Waals surface area (Å²) in [4.78, 5) is 2.19. The summed E-state index contributed by atoms with van der Waals surface area (Å²) in [7, 11) is 1.57. The zero-order chi connectivity index (χ0) is 16.9. The van der Waals surface area contributed by atoms with E-state index in [-0.39, 0.29) is 18.2 Å². The number of methoxy groups -OCH3 is 1. The molecule has 0 unspecified atom stereocenters. The van der Waals surface area contributed by atoms with Gasteiger partial charge in [0.25, 0.3) is 0 Å². The summed E-state index contributed by atoms with van der Waals surface area (Å²) >= 11 is 5.95. The van der Waals surface area contributed by atoms with Crippen molar-refractivity contribution in [1.82, 2.24) is 0 Å². The lowest BCUT2D eigenvalue weighted by Crippen LogP contribution is -2.26. The number of halogens is 2. The lowest BCUT2D eigenvalue weighted by Gasteiger charge is -2.26. The van der Waals surface area contributed by atoms with Crippen LogP contribution in [0.4, 0.5) is 10.1 Å². The molecule has 0 fully saturated rings. The molecule has 5 heteroatoms. The van der Waals surface area contributed by atoms with E-state index in [1.54, 1.807) is 31.4 Å². The zero-order valence-electron chi connectivity index (χ0n) is 13.5. The van der Waals surface area contributed by atoms with Gasteiger partial charge >= 0.3 is 0 Å². The maximum Gasteiger partial charge on any atom is 0.165 e.